The molecule has 0 radical (unpaired) electrons. The molecule has 0 saturated heterocycles. The number of aromatic nitrogens is 1. The van der Waals surface area contributed by atoms with E-state index in [0.29, 0.717) is 16.5 Å². The van der Waals surface area contributed by atoms with Crippen molar-refractivity contribution in [2.75, 3.05) is 5.32 Å². The third kappa shape index (κ3) is 4.35. The number of oxazole rings is 1. The molecule has 1 heterocycles. The number of rotatable bonds is 3. The van der Waals surface area contributed by atoms with E-state index in [1.807, 2.05) is 62.4 Å². The van der Waals surface area contributed by atoms with Crippen LogP contribution in [-0.2, 0) is 0 Å². The molecule has 0 atom stereocenters. The Bertz CT molecular complexity index is 1270. The van der Waals surface area contributed by atoms with E-state index in [4.69, 9.17) is 28.2 Å². The third-order valence-corrected chi connectivity index (χ3v) is 5.05. The highest BCUT2D eigenvalue weighted by atomic mass is 35.5. The van der Waals surface area contributed by atoms with Gasteiger partial charge in [-0.3, -0.25) is 10.1 Å². The summed E-state index contributed by atoms with van der Waals surface area (Å²) in [4.78, 5) is 16.9. The van der Waals surface area contributed by atoms with Crippen LogP contribution in [0.4, 0.5) is 5.69 Å². The van der Waals surface area contributed by atoms with Crippen LogP contribution in [0.1, 0.15) is 21.5 Å². The second kappa shape index (κ2) is 8.26. The highest BCUT2D eigenvalue weighted by Crippen LogP contribution is 2.26. The Morgan fingerprint density at radius 3 is 2.43 bits per heavy atom. The number of carbonyl (C=O) groups excluding carboxylic acids is 1. The van der Waals surface area contributed by atoms with Crippen LogP contribution in [0.15, 0.2) is 65.1 Å². The van der Waals surface area contributed by atoms with Crippen LogP contribution in [0.3, 0.4) is 0 Å². The predicted molar refractivity (Wildman–Crippen MR) is 124 cm³/mol. The minimum absolute atomic E-state index is 0.182. The number of thiocarbonyl (C=S) groups is 1. The van der Waals surface area contributed by atoms with Crippen LogP contribution < -0.4 is 10.6 Å². The SMILES string of the molecule is Cc1ccc(C(=O)NC(=S)Nc2ccc(-c3nc4ccc(C)cc4o3)cc2)c(Cl)c1. The molecule has 1 aromatic heterocycles. The number of nitrogens with zero attached hydrogens (tertiary/aromatic N) is 1. The van der Waals surface area contributed by atoms with E-state index in [9.17, 15) is 4.79 Å². The van der Waals surface area contributed by atoms with Crippen LogP contribution in [0, 0.1) is 13.8 Å². The van der Waals surface area contributed by atoms with Crippen LogP contribution in [0.25, 0.3) is 22.6 Å². The summed E-state index contributed by atoms with van der Waals surface area (Å²) < 4.78 is 5.85. The Hall–Kier alpha value is -3.22. The number of hydrogen-bond donors (Lipinski definition) is 2. The normalized spacial score (nSPS) is 10.8. The number of aryl methyl sites for hydroxylation is 2. The van der Waals surface area contributed by atoms with E-state index in [1.54, 1.807) is 12.1 Å². The fraction of sp³-hybridized carbons (Fsp3) is 0.0870. The molecule has 0 aliphatic heterocycles. The predicted octanol–water partition coefficient (Wildman–Crippen LogP) is 5.89. The van der Waals surface area contributed by atoms with Gasteiger partial charge >= 0.3 is 0 Å². The van der Waals surface area contributed by atoms with Crippen molar-refractivity contribution in [2.45, 2.75) is 13.8 Å². The minimum atomic E-state index is -0.365. The molecule has 5 nitrogen and oxygen atoms in total. The number of fused-ring (bicyclic) bond motifs is 1. The first-order chi connectivity index (χ1) is 14.4. The van der Waals surface area contributed by atoms with E-state index in [-0.39, 0.29) is 11.0 Å². The summed E-state index contributed by atoms with van der Waals surface area (Å²) in [5.74, 6) is 0.183. The van der Waals surface area contributed by atoms with Crippen molar-refractivity contribution < 1.29 is 9.21 Å². The van der Waals surface area contributed by atoms with Crippen LogP contribution in [0.2, 0.25) is 5.02 Å². The molecule has 0 unspecified atom stereocenters. The topological polar surface area (TPSA) is 67.2 Å². The Morgan fingerprint density at radius 2 is 1.70 bits per heavy atom. The molecule has 0 aliphatic carbocycles. The number of carbonyl (C=O) groups is 1. The molecule has 3 aromatic carbocycles. The van der Waals surface area contributed by atoms with Crippen LogP contribution in [-0.4, -0.2) is 16.0 Å². The largest absolute Gasteiger partial charge is 0.436 e. The zero-order chi connectivity index (χ0) is 21.3. The lowest BCUT2D eigenvalue weighted by molar-refractivity contribution is 0.0978. The van der Waals surface area contributed by atoms with E-state index in [0.717, 1.165) is 33.5 Å². The fourth-order valence-electron chi connectivity index (χ4n) is 2.99. The second-order valence-electron chi connectivity index (χ2n) is 6.96. The van der Waals surface area contributed by atoms with Gasteiger partial charge in [-0.1, -0.05) is 23.7 Å². The second-order valence-corrected chi connectivity index (χ2v) is 7.77. The van der Waals surface area contributed by atoms with Gasteiger partial charge in [0.2, 0.25) is 5.89 Å². The number of benzene rings is 3. The summed E-state index contributed by atoms with van der Waals surface area (Å²) in [6.45, 7) is 3.92. The first-order valence-electron chi connectivity index (χ1n) is 9.25. The van der Waals surface area contributed by atoms with Gasteiger partial charge in [0.25, 0.3) is 5.91 Å². The highest BCUT2D eigenvalue weighted by molar-refractivity contribution is 7.80. The molecule has 0 saturated carbocycles. The lowest BCUT2D eigenvalue weighted by atomic mass is 10.1. The molecule has 2 N–H and O–H groups in total. The monoisotopic (exact) mass is 435 g/mol. The lowest BCUT2D eigenvalue weighted by Gasteiger charge is -2.11. The molecule has 150 valence electrons. The van der Waals surface area contributed by atoms with E-state index >= 15 is 0 Å². The fourth-order valence-corrected chi connectivity index (χ4v) is 3.52. The maximum absolute atomic E-state index is 12.4. The summed E-state index contributed by atoms with van der Waals surface area (Å²) in [6.07, 6.45) is 0. The van der Waals surface area contributed by atoms with E-state index < -0.39 is 0 Å². The third-order valence-electron chi connectivity index (χ3n) is 4.53. The van der Waals surface area contributed by atoms with Crippen LogP contribution >= 0.6 is 23.8 Å². The van der Waals surface area contributed by atoms with E-state index in [2.05, 4.69) is 15.6 Å². The van der Waals surface area contributed by atoms with Gasteiger partial charge in [0.15, 0.2) is 10.7 Å². The maximum atomic E-state index is 12.4. The van der Waals surface area contributed by atoms with Gasteiger partial charge in [-0.2, -0.15) is 0 Å². The number of halogens is 1. The maximum Gasteiger partial charge on any atom is 0.258 e. The number of amides is 1. The molecule has 1 amide bonds. The number of hydrogen-bond acceptors (Lipinski definition) is 4. The molecule has 0 fully saturated rings. The number of anilines is 1. The van der Waals surface area contributed by atoms with Gasteiger partial charge in [0.05, 0.1) is 10.6 Å². The van der Waals surface area contributed by atoms with Crippen molar-refractivity contribution in [1.82, 2.24) is 10.3 Å². The first kappa shape index (κ1) is 20.1. The number of nitrogens with one attached hydrogen (secondary N) is 2. The van der Waals surface area contributed by atoms with Crippen LogP contribution in [0.5, 0.6) is 0 Å². The molecule has 4 rings (SSSR count). The molecule has 0 spiro atoms. The molecule has 7 heteroatoms. The van der Waals surface area contributed by atoms with Crippen molar-refractivity contribution in [2.24, 2.45) is 0 Å². The standard InChI is InChI=1S/C23H18ClN3O2S/c1-13-3-9-17(18(24)11-13)21(28)27-23(30)25-16-7-5-15(6-8-16)22-26-19-10-4-14(2)12-20(19)29-22/h3-12H,1-2H3,(H2,25,27,28,30). The Kier molecular flexibility index (Phi) is 5.53. The average molecular weight is 436 g/mol. The van der Waals surface area contributed by atoms with Gasteiger partial charge in [-0.25, -0.2) is 4.98 Å². The lowest BCUT2D eigenvalue weighted by Crippen LogP contribution is -2.34. The van der Waals surface area contributed by atoms with Crippen molar-refractivity contribution in [3.63, 3.8) is 0 Å². The van der Waals surface area contributed by atoms with Gasteiger partial charge in [-0.15, -0.1) is 0 Å². The zero-order valence-corrected chi connectivity index (χ0v) is 17.9. The smallest absolute Gasteiger partial charge is 0.258 e. The Morgan fingerprint density at radius 1 is 1.00 bits per heavy atom. The molecule has 4 aromatic rings. The molecule has 0 bridgehead atoms. The quantitative estimate of drug-likeness (QED) is 0.392. The summed E-state index contributed by atoms with van der Waals surface area (Å²) in [5, 5.41) is 6.20. The summed E-state index contributed by atoms with van der Waals surface area (Å²) in [7, 11) is 0. The summed E-state index contributed by atoms with van der Waals surface area (Å²) in [5.41, 5.74) is 5.61. The van der Waals surface area contributed by atoms with Crippen molar-refractivity contribution >= 4 is 51.6 Å². The van der Waals surface area contributed by atoms with Crippen molar-refractivity contribution in [3.8, 4) is 11.5 Å². The molecular formula is C23H18ClN3O2S. The summed E-state index contributed by atoms with van der Waals surface area (Å²) >= 11 is 11.4. The van der Waals surface area contributed by atoms with Crippen molar-refractivity contribution in [1.29, 1.82) is 0 Å². The summed E-state index contributed by atoms with van der Waals surface area (Å²) in [6, 6.07) is 18.6. The van der Waals surface area contributed by atoms with Gasteiger partial charge in [0.1, 0.15) is 5.52 Å². The van der Waals surface area contributed by atoms with Crippen molar-refractivity contribution in [3.05, 3.63) is 82.4 Å². The van der Waals surface area contributed by atoms with E-state index in [1.165, 1.54) is 0 Å². The average Bonchev–Trinajstić information content (AvgIpc) is 3.11. The Balaban J connectivity index is 1.43. The first-order valence-corrected chi connectivity index (χ1v) is 10.0. The molecule has 0 aliphatic rings. The van der Waals surface area contributed by atoms with Gasteiger partial charge in [-0.05, 0) is 85.7 Å². The highest BCUT2D eigenvalue weighted by Gasteiger charge is 2.13. The van der Waals surface area contributed by atoms with Gasteiger partial charge < -0.3 is 9.73 Å². The Labute approximate surface area is 184 Å². The minimum Gasteiger partial charge on any atom is -0.436 e. The molecular weight excluding hydrogens is 418 g/mol. The van der Waals surface area contributed by atoms with Gasteiger partial charge in [0, 0.05) is 11.3 Å². The molecule has 30 heavy (non-hydrogen) atoms. The zero-order valence-electron chi connectivity index (χ0n) is 16.3.